The zero-order valence-electron chi connectivity index (χ0n) is 14.2. The van der Waals surface area contributed by atoms with Gasteiger partial charge in [-0.15, -0.1) is 0 Å². The van der Waals surface area contributed by atoms with Crippen LogP contribution in [0.15, 0.2) is 48.5 Å². The molecule has 0 radical (unpaired) electrons. The lowest BCUT2D eigenvalue weighted by Crippen LogP contribution is -2.21. The molecular weight excluding hydrogens is 316 g/mol. The summed E-state index contributed by atoms with van der Waals surface area (Å²) in [4.78, 5) is 12.2. The maximum Gasteiger partial charge on any atom is 0.255 e. The number of anilines is 1. The van der Waals surface area contributed by atoms with E-state index in [0.29, 0.717) is 24.6 Å². The SMILES string of the molecule is NCc1ccc(C(=O)Nc2ccc(OCC3CCOCC3)cc2)cc1. The Morgan fingerprint density at radius 3 is 2.40 bits per heavy atom. The van der Waals surface area contributed by atoms with Crippen molar-refractivity contribution in [2.24, 2.45) is 11.7 Å². The van der Waals surface area contributed by atoms with Gasteiger partial charge in [0.25, 0.3) is 5.91 Å². The average Bonchev–Trinajstić information content (AvgIpc) is 2.68. The number of ether oxygens (including phenoxy) is 2. The van der Waals surface area contributed by atoms with Crippen LogP contribution in [-0.2, 0) is 11.3 Å². The maximum atomic E-state index is 12.2. The van der Waals surface area contributed by atoms with Crippen LogP contribution in [0.25, 0.3) is 0 Å². The fourth-order valence-electron chi connectivity index (χ4n) is 2.76. The van der Waals surface area contributed by atoms with Crippen molar-refractivity contribution < 1.29 is 14.3 Å². The first kappa shape index (κ1) is 17.5. The quantitative estimate of drug-likeness (QED) is 0.847. The Labute approximate surface area is 148 Å². The van der Waals surface area contributed by atoms with Crippen LogP contribution in [-0.4, -0.2) is 25.7 Å². The highest BCUT2D eigenvalue weighted by Gasteiger charge is 2.14. The summed E-state index contributed by atoms with van der Waals surface area (Å²) < 4.78 is 11.2. The van der Waals surface area contributed by atoms with E-state index >= 15 is 0 Å². The highest BCUT2D eigenvalue weighted by Crippen LogP contribution is 2.20. The molecule has 0 aromatic heterocycles. The molecule has 1 saturated heterocycles. The van der Waals surface area contributed by atoms with Gasteiger partial charge in [0, 0.05) is 31.0 Å². The summed E-state index contributed by atoms with van der Waals surface area (Å²) in [5.41, 5.74) is 7.92. The third-order valence-electron chi connectivity index (χ3n) is 4.39. The Bertz CT molecular complexity index is 677. The minimum absolute atomic E-state index is 0.139. The van der Waals surface area contributed by atoms with E-state index < -0.39 is 0 Å². The summed E-state index contributed by atoms with van der Waals surface area (Å²) in [5.74, 6) is 1.24. The van der Waals surface area contributed by atoms with Gasteiger partial charge >= 0.3 is 0 Å². The number of amides is 1. The first-order valence-electron chi connectivity index (χ1n) is 8.65. The summed E-state index contributed by atoms with van der Waals surface area (Å²) in [6.07, 6.45) is 2.11. The Morgan fingerprint density at radius 2 is 1.76 bits per heavy atom. The first-order valence-corrected chi connectivity index (χ1v) is 8.65. The van der Waals surface area contributed by atoms with Crippen molar-refractivity contribution in [1.29, 1.82) is 0 Å². The van der Waals surface area contributed by atoms with Crippen molar-refractivity contribution in [3.05, 3.63) is 59.7 Å². The Morgan fingerprint density at radius 1 is 1.08 bits per heavy atom. The largest absolute Gasteiger partial charge is 0.493 e. The minimum Gasteiger partial charge on any atom is -0.493 e. The number of hydrogen-bond donors (Lipinski definition) is 2. The van der Waals surface area contributed by atoms with Crippen molar-refractivity contribution >= 4 is 11.6 Å². The van der Waals surface area contributed by atoms with Crippen LogP contribution in [0.1, 0.15) is 28.8 Å². The summed E-state index contributed by atoms with van der Waals surface area (Å²) in [5, 5.41) is 2.89. The van der Waals surface area contributed by atoms with Crippen molar-refractivity contribution in [3.63, 3.8) is 0 Å². The molecular formula is C20H24N2O3. The molecule has 2 aromatic rings. The van der Waals surface area contributed by atoms with E-state index in [4.69, 9.17) is 15.2 Å². The maximum absolute atomic E-state index is 12.2. The fraction of sp³-hybridized carbons (Fsp3) is 0.350. The van der Waals surface area contributed by atoms with E-state index in [-0.39, 0.29) is 5.91 Å². The minimum atomic E-state index is -0.139. The Hall–Kier alpha value is -2.37. The van der Waals surface area contributed by atoms with Crippen LogP contribution in [0, 0.1) is 5.92 Å². The van der Waals surface area contributed by atoms with Gasteiger partial charge in [-0.3, -0.25) is 4.79 Å². The lowest BCUT2D eigenvalue weighted by molar-refractivity contribution is 0.0497. The lowest BCUT2D eigenvalue weighted by atomic mass is 10.0. The van der Waals surface area contributed by atoms with Gasteiger partial charge in [-0.25, -0.2) is 0 Å². The van der Waals surface area contributed by atoms with Crippen LogP contribution in [0.4, 0.5) is 5.69 Å². The monoisotopic (exact) mass is 340 g/mol. The second-order valence-electron chi connectivity index (χ2n) is 6.25. The standard InChI is InChI=1S/C20H24N2O3/c21-13-15-1-3-17(4-2-15)20(23)22-18-5-7-19(8-6-18)25-14-16-9-11-24-12-10-16/h1-8,16H,9-14,21H2,(H,22,23). The van der Waals surface area contributed by atoms with Gasteiger partial charge in [-0.05, 0) is 60.7 Å². The van der Waals surface area contributed by atoms with E-state index in [1.807, 2.05) is 36.4 Å². The molecule has 1 heterocycles. The number of rotatable bonds is 6. The molecule has 5 heteroatoms. The second kappa shape index (κ2) is 8.65. The van der Waals surface area contributed by atoms with E-state index in [0.717, 1.165) is 43.1 Å². The van der Waals surface area contributed by atoms with Gasteiger partial charge in [-0.1, -0.05) is 12.1 Å². The molecule has 0 unspecified atom stereocenters. The van der Waals surface area contributed by atoms with Gasteiger partial charge < -0.3 is 20.5 Å². The number of hydrogen-bond acceptors (Lipinski definition) is 4. The van der Waals surface area contributed by atoms with Crippen LogP contribution in [0.2, 0.25) is 0 Å². The Kier molecular flexibility index (Phi) is 6.04. The van der Waals surface area contributed by atoms with Gasteiger partial charge in [-0.2, -0.15) is 0 Å². The molecule has 1 amide bonds. The topological polar surface area (TPSA) is 73.6 Å². The third kappa shape index (κ3) is 5.05. The van der Waals surface area contributed by atoms with E-state index in [9.17, 15) is 4.79 Å². The van der Waals surface area contributed by atoms with E-state index in [1.54, 1.807) is 12.1 Å². The highest BCUT2D eigenvalue weighted by molar-refractivity contribution is 6.04. The van der Waals surface area contributed by atoms with Crippen LogP contribution in [0.5, 0.6) is 5.75 Å². The molecule has 1 fully saturated rings. The van der Waals surface area contributed by atoms with E-state index in [2.05, 4.69) is 5.32 Å². The summed E-state index contributed by atoms with van der Waals surface area (Å²) in [6.45, 7) is 2.83. The van der Waals surface area contributed by atoms with Gasteiger partial charge in [0.2, 0.25) is 0 Å². The molecule has 0 saturated carbocycles. The molecule has 0 spiro atoms. The number of carbonyl (C=O) groups excluding carboxylic acids is 1. The smallest absolute Gasteiger partial charge is 0.255 e. The summed E-state index contributed by atoms with van der Waals surface area (Å²) in [6, 6.07) is 14.8. The zero-order chi connectivity index (χ0) is 17.5. The first-order chi connectivity index (χ1) is 12.2. The number of nitrogens with one attached hydrogen (secondary N) is 1. The van der Waals surface area contributed by atoms with Crippen molar-refractivity contribution in [1.82, 2.24) is 0 Å². The molecule has 5 nitrogen and oxygen atoms in total. The Balaban J connectivity index is 1.51. The molecule has 1 aliphatic rings. The third-order valence-corrected chi connectivity index (χ3v) is 4.39. The number of nitrogens with two attached hydrogens (primary N) is 1. The number of carbonyl (C=O) groups is 1. The average molecular weight is 340 g/mol. The van der Waals surface area contributed by atoms with E-state index in [1.165, 1.54) is 0 Å². The number of benzene rings is 2. The summed E-state index contributed by atoms with van der Waals surface area (Å²) in [7, 11) is 0. The van der Waals surface area contributed by atoms with Crippen molar-refractivity contribution in [2.75, 3.05) is 25.1 Å². The molecule has 0 bridgehead atoms. The molecule has 3 N–H and O–H groups in total. The predicted molar refractivity (Wildman–Crippen MR) is 97.8 cm³/mol. The van der Waals surface area contributed by atoms with Gasteiger partial charge in [0.1, 0.15) is 5.75 Å². The summed E-state index contributed by atoms with van der Waals surface area (Å²) >= 11 is 0. The van der Waals surface area contributed by atoms with Crippen LogP contribution >= 0.6 is 0 Å². The molecule has 2 aromatic carbocycles. The van der Waals surface area contributed by atoms with Crippen LogP contribution < -0.4 is 15.8 Å². The van der Waals surface area contributed by atoms with Crippen molar-refractivity contribution in [3.8, 4) is 5.75 Å². The molecule has 1 aliphatic heterocycles. The molecule has 0 atom stereocenters. The van der Waals surface area contributed by atoms with Crippen molar-refractivity contribution in [2.45, 2.75) is 19.4 Å². The predicted octanol–water partition coefficient (Wildman–Crippen LogP) is 3.20. The second-order valence-corrected chi connectivity index (χ2v) is 6.25. The molecule has 0 aliphatic carbocycles. The van der Waals surface area contributed by atoms with Gasteiger partial charge in [0.15, 0.2) is 0 Å². The fourth-order valence-corrected chi connectivity index (χ4v) is 2.76. The lowest BCUT2D eigenvalue weighted by Gasteiger charge is -2.22. The van der Waals surface area contributed by atoms with Crippen LogP contribution in [0.3, 0.4) is 0 Å². The van der Waals surface area contributed by atoms with Gasteiger partial charge in [0.05, 0.1) is 6.61 Å². The highest BCUT2D eigenvalue weighted by atomic mass is 16.5. The molecule has 25 heavy (non-hydrogen) atoms. The molecule has 3 rings (SSSR count). The normalized spacial score (nSPS) is 14.9. The zero-order valence-corrected chi connectivity index (χ0v) is 14.2. The molecule has 132 valence electrons.